The van der Waals surface area contributed by atoms with Gasteiger partial charge in [-0.05, 0) is 25.1 Å². The lowest BCUT2D eigenvalue weighted by atomic mass is 10.1. The highest BCUT2D eigenvalue weighted by molar-refractivity contribution is 6.01. The van der Waals surface area contributed by atoms with Crippen molar-refractivity contribution in [3.63, 3.8) is 0 Å². The monoisotopic (exact) mass is 276 g/mol. The maximum absolute atomic E-state index is 11.9. The van der Waals surface area contributed by atoms with Crippen LogP contribution in [0.1, 0.15) is 22.8 Å². The summed E-state index contributed by atoms with van der Waals surface area (Å²) in [4.78, 5) is 37.6. The predicted molar refractivity (Wildman–Crippen MR) is 71.6 cm³/mol. The molecule has 0 aromatic heterocycles. The highest BCUT2D eigenvalue weighted by Crippen LogP contribution is 2.23. The number of ether oxygens (including phenoxy) is 1. The number of nitrogens with zero attached hydrogens (tertiary/aromatic N) is 2. The Bertz CT molecular complexity index is 583. The number of urea groups is 1. The van der Waals surface area contributed by atoms with E-state index in [0.29, 0.717) is 16.9 Å². The van der Waals surface area contributed by atoms with Gasteiger partial charge >= 0.3 is 6.03 Å². The van der Waals surface area contributed by atoms with Crippen LogP contribution in [0.25, 0.3) is 0 Å². The first-order valence-corrected chi connectivity index (χ1v) is 6.17. The van der Waals surface area contributed by atoms with Crippen LogP contribution >= 0.6 is 0 Å². The summed E-state index contributed by atoms with van der Waals surface area (Å²) in [6, 6.07) is 4.64. The number of methoxy groups -OCH3 is 1. The van der Waals surface area contributed by atoms with E-state index >= 15 is 0 Å². The van der Waals surface area contributed by atoms with Crippen LogP contribution in [-0.4, -0.2) is 48.2 Å². The summed E-state index contributed by atoms with van der Waals surface area (Å²) in [7, 11) is 3.08. The number of hydrogen-bond acceptors (Lipinski definition) is 4. The van der Waals surface area contributed by atoms with E-state index in [-0.39, 0.29) is 30.8 Å². The Balaban J connectivity index is 2.32. The van der Waals surface area contributed by atoms with Crippen LogP contribution in [0.4, 0.5) is 4.79 Å². The van der Waals surface area contributed by atoms with Crippen LogP contribution in [-0.2, 0) is 11.3 Å². The Morgan fingerprint density at radius 2 is 2.05 bits per heavy atom. The van der Waals surface area contributed by atoms with E-state index in [1.165, 1.54) is 18.9 Å². The van der Waals surface area contributed by atoms with E-state index in [1.54, 1.807) is 25.2 Å². The molecule has 3 amide bonds. The number of benzene rings is 1. The van der Waals surface area contributed by atoms with E-state index in [9.17, 15) is 14.4 Å². The zero-order chi connectivity index (χ0) is 14.9. The minimum atomic E-state index is -0.342. The molecule has 0 aliphatic carbocycles. The quantitative estimate of drug-likeness (QED) is 0.614. The van der Waals surface area contributed by atoms with Crippen molar-refractivity contribution in [1.29, 1.82) is 0 Å². The second kappa shape index (κ2) is 5.32. The summed E-state index contributed by atoms with van der Waals surface area (Å²) in [6.45, 7) is 1.64. The predicted octanol–water partition coefficient (Wildman–Crippen LogP) is 1.29. The Hall–Kier alpha value is -2.37. The summed E-state index contributed by atoms with van der Waals surface area (Å²) >= 11 is 0. The average molecular weight is 276 g/mol. The third kappa shape index (κ3) is 2.49. The fraction of sp³-hybridized carbons (Fsp3) is 0.357. The zero-order valence-corrected chi connectivity index (χ0v) is 11.7. The van der Waals surface area contributed by atoms with Crippen molar-refractivity contribution in [1.82, 2.24) is 9.80 Å². The molecule has 1 fully saturated rings. The number of imide groups is 1. The van der Waals surface area contributed by atoms with Gasteiger partial charge in [-0.15, -0.1) is 0 Å². The van der Waals surface area contributed by atoms with Crippen molar-refractivity contribution in [2.45, 2.75) is 13.5 Å². The van der Waals surface area contributed by atoms with Gasteiger partial charge in [0.25, 0.3) is 5.91 Å². The number of likely N-dealkylation sites (N-methyl/N-ethyl adjacent to an activating group) is 1. The van der Waals surface area contributed by atoms with Crippen LogP contribution in [0.15, 0.2) is 18.2 Å². The summed E-state index contributed by atoms with van der Waals surface area (Å²) in [6.07, 6.45) is 0. The minimum absolute atomic E-state index is 0.0769. The van der Waals surface area contributed by atoms with Gasteiger partial charge in [0.15, 0.2) is 5.78 Å². The number of ketones is 1. The van der Waals surface area contributed by atoms with Gasteiger partial charge in [0.05, 0.1) is 13.7 Å². The Labute approximate surface area is 116 Å². The highest BCUT2D eigenvalue weighted by atomic mass is 16.5. The van der Waals surface area contributed by atoms with Crippen LogP contribution in [0.2, 0.25) is 0 Å². The van der Waals surface area contributed by atoms with Crippen molar-refractivity contribution >= 4 is 17.7 Å². The van der Waals surface area contributed by atoms with Crippen molar-refractivity contribution in [3.05, 3.63) is 29.3 Å². The largest absolute Gasteiger partial charge is 0.496 e. The van der Waals surface area contributed by atoms with Crippen LogP contribution in [0.3, 0.4) is 0 Å². The summed E-state index contributed by atoms with van der Waals surface area (Å²) in [5.41, 5.74) is 1.16. The number of hydrogen-bond donors (Lipinski definition) is 0. The molecule has 6 nitrogen and oxygen atoms in total. The second-order valence-corrected chi connectivity index (χ2v) is 4.70. The molecule has 1 aliphatic heterocycles. The van der Waals surface area contributed by atoms with Crippen molar-refractivity contribution in [2.75, 3.05) is 20.7 Å². The molecule has 1 aliphatic rings. The molecule has 1 heterocycles. The fourth-order valence-corrected chi connectivity index (χ4v) is 2.12. The van der Waals surface area contributed by atoms with E-state index in [0.717, 1.165) is 4.90 Å². The van der Waals surface area contributed by atoms with Gasteiger partial charge in [0, 0.05) is 18.2 Å². The van der Waals surface area contributed by atoms with E-state index < -0.39 is 0 Å². The van der Waals surface area contributed by atoms with E-state index in [4.69, 9.17) is 4.74 Å². The van der Waals surface area contributed by atoms with Crippen LogP contribution < -0.4 is 4.74 Å². The summed E-state index contributed by atoms with van der Waals surface area (Å²) < 4.78 is 5.21. The molecule has 1 saturated heterocycles. The third-order valence-electron chi connectivity index (χ3n) is 3.25. The lowest BCUT2D eigenvalue weighted by Crippen LogP contribution is -2.31. The zero-order valence-electron chi connectivity index (χ0n) is 11.7. The van der Waals surface area contributed by atoms with E-state index in [2.05, 4.69) is 0 Å². The molecule has 6 heteroatoms. The van der Waals surface area contributed by atoms with Crippen molar-refractivity contribution < 1.29 is 19.1 Å². The van der Waals surface area contributed by atoms with Crippen LogP contribution in [0.5, 0.6) is 5.75 Å². The second-order valence-electron chi connectivity index (χ2n) is 4.70. The molecule has 0 N–H and O–H groups in total. The maximum Gasteiger partial charge on any atom is 0.327 e. The van der Waals surface area contributed by atoms with Gasteiger partial charge < -0.3 is 9.64 Å². The van der Waals surface area contributed by atoms with Crippen molar-refractivity contribution in [3.8, 4) is 5.75 Å². The lowest BCUT2D eigenvalue weighted by molar-refractivity contribution is -0.125. The Morgan fingerprint density at radius 3 is 2.55 bits per heavy atom. The lowest BCUT2D eigenvalue weighted by Gasteiger charge is -2.16. The SMILES string of the molecule is COc1ccc(C(C)=O)cc1CN1C(=O)CN(C)C1=O. The Kier molecular flexibility index (Phi) is 3.74. The summed E-state index contributed by atoms with van der Waals surface area (Å²) in [5, 5.41) is 0. The number of amides is 3. The standard InChI is InChI=1S/C14H16N2O4/c1-9(17)10-4-5-12(20-3)11(6-10)7-16-13(18)8-15(2)14(16)19/h4-6H,7-8H2,1-3H3. The van der Waals surface area contributed by atoms with Gasteiger partial charge in [-0.1, -0.05) is 0 Å². The van der Waals surface area contributed by atoms with Gasteiger partial charge in [-0.2, -0.15) is 0 Å². The van der Waals surface area contributed by atoms with Crippen LogP contribution in [0, 0.1) is 0 Å². The van der Waals surface area contributed by atoms with Crippen molar-refractivity contribution in [2.24, 2.45) is 0 Å². The first-order valence-electron chi connectivity index (χ1n) is 6.17. The molecular formula is C14H16N2O4. The van der Waals surface area contributed by atoms with Gasteiger partial charge in [0.2, 0.25) is 0 Å². The number of carbonyl (C=O) groups is 3. The van der Waals surface area contributed by atoms with Gasteiger partial charge in [-0.25, -0.2) is 4.79 Å². The molecule has 2 rings (SSSR count). The highest BCUT2D eigenvalue weighted by Gasteiger charge is 2.33. The molecule has 0 atom stereocenters. The molecule has 0 radical (unpaired) electrons. The topological polar surface area (TPSA) is 66.9 Å². The first kappa shape index (κ1) is 14.0. The minimum Gasteiger partial charge on any atom is -0.496 e. The average Bonchev–Trinajstić information content (AvgIpc) is 2.65. The number of carbonyl (C=O) groups excluding carboxylic acids is 3. The summed E-state index contributed by atoms with van der Waals surface area (Å²) in [5.74, 6) is 0.211. The molecule has 1 aromatic rings. The normalized spacial score (nSPS) is 14.9. The fourth-order valence-electron chi connectivity index (χ4n) is 2.12. The molecule has 0 saturated carbocycles. The van der Waals surface area contributed by atoms with E-state index in [1.807, 2.05) is 0 Å². The molecule has 1 aromatic carbocycles. The third-order valence-corrected chi connectivity index (χ3v) is 3.25. The molecule has 20 heavy (non-hydrogen) atoms. The Morgan fingerprint density at radius 1 is 1.35 bits per heavy atom. The first-order chi connectivity index (χ1) is 9.43. The molecular weight excluding hydrogens is 260 g/mol. The van der Waals surface area contributed by atoms with Gasteiger partial charge in [0.1, 0.15) is 12.3 Å². The molecule has 0 bridgehead atoms. The smallest absolute Gasteiger partial charge is 0.327 e. The molecule has 0 unspecified atom stereocenters. The molecule has 106 valence electrons. The number of Topliss-reactive ketones (excluding diaryl/α,β-unsaturated/α-hetero) is 1. The molecule has 0 spiro atoms. The maximum atomic E-state index is 11.9. The number of rotatable bonds is 4. The van der Waals surface area contributed by atoms with Gasteiger partial charge in [-0.3, -0.25) is 14.5 Å².